The number of rotatable bonds is 4. The van der Waals surface area contributed by atoms with Gasteiger partial charge in [-0.2, -0.15) is 0 Å². The Kier molecular flexibility index (Phi) is 6.34. The Bertz CT molecular complexity index is 681. The molecule has 0 bridgehead atoms. The van der Waals surface area contributed by atoms with E-state index in [1.165, 1.54) is 0 Å². The number of hydrogen-bond donors (Lipinski definition) is 0. The molecule has 3 rings (SSSR count). The summed E-state index contributed by atoms with van der Waals surface area (Å²) in [4.78, 5) is 33.7. The van der Waals surface area contributed by atoms with Gasteiger partial charge >= 0.3 is 0 Å². The van der Waals surface area contributed by atoms with E-state index in [4.69, 9.17) is 4.74 Å². The number of likely N-dealkylation sites (N-methyl/N-ethyl adjacent to an activating group) is 1. The molecular formula is C20H30N4O3. The Hall–Kier alpha value is -2.12. The lowest BCUT2D eigenvalue weighted by Gasteiger charge is -2.40. The largest absolute Gasteiger partial charge is 0.497 e. The Morgan fingerprint density at radius 3 is 2.74 bits per heavy atom. The van der Waals surface area contributed by atoms with E-state index >= 15 is 0 Å². The molecule has 0 unspecified atom stereocenters. The second kappa shape index (κ2) is 8.71. The third kappa shape index (κ3) is 4.59. The first-order valence-corrected chi connectivity index (χ1v) is 9.65. The maximum absolute atomic E-state index is 12.9. The molecule has 7 heteroatoms. The van der Waals surface area contributed by atoms with Gasteiger partial charge in [-0.25, -0.2) is 0 Å². The number of carbonyl (C=O) groups excluding carboxylic acids is 2. The quantitative estimate of drug-likeness (QED) is 0.784. The molecule has 0 aromatic heterocycles. The van der Waals surface area contributed by atoms with Crippen LogP contribution in [0, 0.1) is 0 Å². The van der Waals surface area contributed by atoms with E-state index in [0.717, 1.165) is 44.0 Å². The van der Waals surface area contributed by atoms with Gasteiger partial charge in [0.15, 0.2) is 0 Å². The van der Waals surface area contributed by atoms with Crippen LogP contribution >= 0.6 is 0 Å². The number of piperazine rings is 1. The van der Waals surface area contributed by atoms with Crippen molar-refractivity contribution in [1.82, 2.24) is 14.7 Å². The fourth-order valence-corrected chi connectivity index (χ4v) is 3.79. The molecule has 0 saturated carbocycles. The van der Waals surface area contributed by atoms with Gasteiger partial charge in [0.05, 0.1) is 13.7 Å². The minimum atomic E-state index is -0.452. The van der Waals surface area contributed by atoms with Crippen molar-refractivity contribution in [3.63, 3.8) is 0 Å². The number of anilines is 1. The molecule has 0 aliphatic carbocycles. The molecule has 1 aromatic rings. The number of benzene rings is 1. The summed E-state index contributed by atoms with van der Waals surface area (Å²) in [5.41, 5.74) is 0.814. The van der Waals surface area contributed by atoms with Gasteiger partial charge < -0.3 is 19.4 Å². The summed E-state index contributed by atoms with van der Waals surface area (Å²) < 4.78 is 5.26. The van der Waals surface area contributed by atoms with Gasteiger partial charge in [0.1, 0.15) is 11.8 Å². The van der Waals surface area contributed by atoms with E-state index in [1.807, 2.05) is 31.2 Å². The summed E-state index contributed by atoms with van der Waals surface area (Å²) >= 11 is 0. The molecule has 1 aromatic carbocycles. The molecule has 2 heterocycles. The van der Waals surface area contributed by atoms with Crippen LogP contribution < -0.4 is 9.64 Å². The minimum absolute atomic E-state index is 0.0431. The maximum atomic E-state index is 12.9. The summed E-state index contributed by atoms with van der Waals surface area (Å²) in [5.74, 6) is 0.724. The summed E-state index contributed by atoms with van der Waals surface area (Å²) in [6.45, 7) is 7.15. The van der Waals surface area contributed by atoms with Crippen LogP contribution in [0.4, 0.5) is 5.69 Å². The Morgan fingerprint density at radius 1 is 1.15 bits per heavy atom. The van der Waals surface area contributed by atoms with Crippen molar-refractivity contribution in [1.29, 1.82) is 0 Å². The van der Waals surface area contributed by atoms with E-state index in [1.54, 1.807) is 16.9 Å². The Balaban J connectivity index is 1.62. The van der Waals surface area contributed by atoms with Crippen LogP contribution in [0.25, 0.3) is 0 Å². The van der Waals surface area contributed by atoms with Crippen molar-refractivity contribution in [2.24, 2.45) is 0 Å². The fraction of sp³-hybridized carbons (Fsp3) is 0.600. The van der Waals surface area contributed by atoms with E-state index in [2.05, 4.69) is 16.8 Å². The first-order valence-electron chi connectivity index (χ1n) is 9.65. The minimum Gasteiger partial charge on any atom is -0.497 e. The van der Waals surface area contributed by atoms with Crippen LogP contribution in [0.1, 0.15) is 13.3 Å². The second-order valence-corrected chi connectivity index (χ2v) is 7.39. The molecule has 2 aliphatic rings. The van der Waals surface area contributed by atoms with E-state index < -0.39 is 6.04 Å². The van der Waals surface area contributed by atoms with Crippen LogP contribution in [0.2, 0.25) is 0 Å². The molecule has 2 aliphatic heterocycles. The highest BCUT2D eigenvalue weighted by Gasteiger charge is 2.35. The average Bonchev–Trinajstić information content (AvgIpc) is 2.88. The lowest BCUT2D eigenvalue weighted by atomic mass is 10.1. The van der Waals surface area contributed by atoms with Gasteiger partial charge in [0, 0.05) is 37.9 Å². The highest BCUT2D eigenvalue weighted by Crippen LogP contribution is 2.24. The van der Waals surface area contributed by atoms with Gasteiger partial charge in [-0.05, 0) is 45.6 Å². The molecule has 1 atom stereocenters. The molecule has 27 heavy (non-hydrogen) atoms. The van der Waals surface area contributed by atoms with Gasteiger partial charge in [-0.3, -0.25) is 14.5 Å². The van der Waals surface area contributed by atoms with Crippen molar-refractivity contribution < 1.29 is 14.3 Å². The second-order valence-electron chi connectivity index (χ2n) is 7.39. The Morgan fingerprint density at radius 2 is 1.96 bits per heavy atom. The molecule has 0 N–H and O–H groups in total. The average molecular weight is 374 g/mol. The van der Waals surface area contributed by atoms with Crippen molar-refractivity contribution in [3.05, 3.63) is 24.3 Å². The van der Waals surface area contributed by atoms with Crippen LogP contribution in [0.3, 0.4) is 0 Å². The van der Waals surface area contributed by atoms with Crippen LogP contribution in [-0.2, 0) is 9.59 Å². The predicted octanol–water partition coefficient (Wildman–Crippen LogP) is 0.896. The molecule has 0 radical (unpaired) electrons. The predicted molar refractivity (Wildman–Crippen MR) is 105 cm³/mol. The van der Waals surface area contributed by atoms with E-state index in [-0.39, 0.29) is 11.8 Å². The lowest BCUT2D eigenvalue weighted by Crippen LogP contribution is -2.59. The monoisotopic (exact) mass is 374 g/mol. The standard InChI is InChI=1S/C20H30N4O3/c1-16-20(26)24(17-6-4-7-18(14-17)27-3)13-12-23(16)19(25)15-22-9-5-8-21(2)10-11-22/h4,6-7,14,16H,5,8-13,15H2,1-3H3/t16-/m1/s1. The van der Waals surface area contributed by atoms with Gasteiger partial charge in [-0.1, -0.05) is 6.07 Å². The molecule has 2 saturated heterocycles. The van der Waals surface area contributed by atoms with Gasteiger partial charge in [-0.15, -0.1) is 0 Å². The number of ether oxygens (including phenoxy) is 1. The van der Waals surface area contributed by atoms with Crippen LogP contribution in [0.15, 0.2) is 24.3 Å². The number of carbonyl (C=O) groups is 2. The molecule has 7 nitrogen and oxygen atoms in total. The number of nitrogens with zero attached hydrogens (tertiary/aromatic N) is 4. The van der Waals surface area contributed by atoms with Crippen molar-refractivity contribution in [2.45, 2.75) is 19.4 Å². The Labute approximate surface area is 161 Å². The topological polar surface area (TPSA) is 56.3 Å². The van der Waals surface area contributed by atoms with Gasteiger partial charge in [0.2, 0.25) is 11.8 Å². The summed E-state index contributed by atoms with van der Waals surface area (Å²) in [6.07, 6.45) is 1.07. The smallest absolute Gasteiger partial charge is 0.249 e. The first kappa shape index (κ1) is 19.6. The normalized spacial score (nSPS) is 22.6. The zero-order chi connectivity index (χ0) is 19.4. The van der Waals surface area contributed by atoms with E-state index in [0.29, 0.717) is 19.6 Å². The number of amides is 2. The van der Waals surface area contributed by atoms with Crippen molar-refractivity contribution in [3.8, 4) is 5.75 Å². The van der Waals surface area contributed by atoms with Gasteiger partial charge in [0.25, 0.3) is 0 Å². The summed E-state index contributed by atoms with van der Waals surface area (Å²) in [5, 5.41) is 0. The highest BCUT2D eigenvalue weighted by atomic mass is 16.5. The van der Waals surface area contributed by atoms with Crippen LogP contribution in [0.5, 0.6) is 5.75 Å². The zero-order valence-corrected chi connectivity index (χ0v) is 16.6. The fourth-order valence-electron chi connectivity index (χ4n) is 3.79. The summed E-state index contributed by atoms with van der Waals surface area (Å²) in [6, 6.07) is 7.04. The summed E-state index contributed by atoms with van der Waals surface area (Å²) in [7, 11) is 3.73. The van der Waals surface area contributed by atoms with E-state index in [9.17, 15) is 9.59 Å². The molecule has 0 spiro atoms. The highest BCUT2D eigenvalue weighted by molar-refractivity contribution is 6.00. The number of hydrogen-bond acceptors (Lipinski definition) is 5. The lowest BCUT2D eigenvalue weighted by molar-refractivity contribution is -0.141. The molecule has 2 amide bonds. The third-order valence-electron chi connectivity index (χ3n) is 5.51. The molecule has 2 fully saturated rings. The zero-order valence-electron chi connectivity index (χ0n) is 16.6. The SMILES string of the molecule is COc1cccc(N2CCN(C(=O)CN3CCCN(C)CC3)[C@H](C)C2=O)c1. The first-order chi connectivity index (χ1) is 13.0. The molecule has 148 valence electrons. The molecular weight excluding hydrogens is 344 g/mol. The third-order valence-corrected chi connectivity index (χ3v) is 5.51. The van der Waals surface area contributed by atoms with Crippen LogP contribution in [-0.4, -0.2) is 92.5 Å². The maximum Gasteiger partial charge on any atom is 0.249 e. The number of methoxy groups -OCH3 is 1. The van der Waals surface area contributed by atoms with Crippen molar-refractivity contribution in [2.75, 3.05) is 64.9 Å². The van der Waals surface area contributed by atoms with Crippen molar-refractivity contribution >= 4 is 17.5 Å².